The molecule has 3 rings (SSSR count). The smallest absolute Gasteiger partial charge is 0.289 e. The van der Waals surface area contributed by atoms with Crippen LogP contribution in [0.25, 0.3) is 0 Å². The molecule has 1 amide bonds. The molecule has 2 aromatic heterocycles. The van der Waals surface area contributed by atoms with E-state index in [0.717, 1.165) is 5.69 Å². The van der Waals surface area contributed by atoms with Crippen LogP contribution >= 0.6 is 11.6 Å². The first kappa shape index (κ1) is 13.8. The zero-order valence-corrected chi connectivity index (χ0v) is 12.1. The molecule has 0 aliphatic carbocycles. The molecule has 1 aliphatic rings. The largest absolute Gasteiger partial charge is 0.440 e. The minimum Gasteiger partial charge on any atom is -0.440 e. The monoisotopic (exact) mass is 306 g/mol. The van der Waals surface area contributed by atoms with Crippen molar-refractivity contribution in [2.45, 2.75) is 0 Å². The molecule has 1 aliphatic heterocycles. The molecule has 2 aromatic rings. The van der Waals surface area contributed by atoms with Crippen LogP contribution < -0.4 is 10.6 Å². The van der Waals surface area contributed by atoms with Crippen molar-refractivity contribution in [3.63, 3.8) is 0 Å². The summed E-state index contributed by atoms with van der Waals surface area (Å²) in [6.07, 6.45) is 3.35. The minimum absolute atomic E-state index is 0.135. The number of piperazine rings is 1. The van der Waals surface area contributed by atoms with Gasteiger partial charge in [0.15, 0.2) is 11.0 Å². The van der Waals surface area contributed by atoms with Crippen LogP contribution in [0.15, 0.2) is 35.0 Å². The molecule has 0 saturated carbocycles. The van der Waals surface area contributed by atoms with Crippen LogP contribution in [0.1, 0.15) is 10.6 Å². The number of hydrogen-bond donors (Lipinski definition) is 1. The van der Waals surface area contributed by atoms with Crippen LogP contribution in [-0.4, -0.2) is 42.0 Å². The Bertz CT molecular complexity index is 650. The fourth-order valence-electron chi connectivity index (χ4n) is 2.42. The molecule has 2 N–H and O–H groups in total. The van der Waals surface area contributed by atoms with Gasteiger partial charge >= 0.3 is 0 Å². The van der Waals surface area contributed by atoms with Crippen LogP contribution in [-0.2, 0) is 0 Å². The van der Waals surface area contributed by atoms with Crippen molar-refractivity contribution in [3.05, 3.63) is 41.6 Å². The van der Waals surface area contributed by atoms with Crippen LogP contribution in [0.2, 0.25) is 5.22 Å². The summed E-state index contributed by atoms with van der Waals surface area (Å²) in [5, 5.41) is 0.224. The van der Waals surface area contributed by atoms with Crippen molar-refractivity contribution < 1.29 is 9.21 Å². The van der Waals surface area contributed by atoms with Gasteiger partial charge in [-0.3, -0.25) is 9.78 Å². The van der Waals surface area contributed by atoms with Gasteiger partial charge in [-0.1, -0.05) is 0 Å². The molecule has 1 saturated heterocycles. The van der Waals surface area contributed by atoms with E-state index in [-0.39, 0.29) is 16.9 Å². The average molecular weight is 307 g/mol. The van der Waals surface area contributed by atoms with E-state index in [1.807, 2.05) is 6.07 Å². The second-order valence-corrected chi connectivity index (χ2v) is 5.19. The number of carbonyl (C=O) groups excluding carboxylic acids is 1. The Kier molecular flexibility index (Phi) is 3.70. The van der Waals surface area contributed by atoms with Gasteiger partial charge in [-0.05, 0) is 29.8 Å². The zero-order valence-electron chi connectivity index (χ0n) is 11.3. The van der Waals surface area contributed by atoms with Gasteiger partial charge in [0, 0.05) is 32.4 Å². The topological polar surface area (TPSA) is 75.6 Å². The molecule has 0 atom stereocenters. The zero-order chi connectivity index (χ0) is 14.8. The summed E-state index contributed by atoms with van der Waals surface area (Å²) in [5.74, 6) is 0.140. The summed E-state index contributed by atoms with van der Waals surface area (Å²) < 4.78 is 5.16. The first-order valence-corrected chi connectivity index (χ1v) is 7.02. The third-order valence-electron chi connectivity index (χ3n) is 3.52. The van der Waals surface area contributed by atoms with Crippen molar-refractivity contribution in [2.75, 3.05) is 36.8 Å². The van der Waals surface area contributed by atoms with Gasteiger partial charge < -0.3 is 20.0 Å². The lowest BCUT2D eigenvalue weighted by Gasteiger charge is -2.36. The predicted octanol–water partition coefficient (Wildman–Crippen LogP) is 1.87. The highest BCUT2D eigenvalue weighted by molar-refractivity contribution is 6.29. The van der Waals surface area contributed by atoms with Crippen LogP contribution in [0.4, 0.5) is 11.4 Å². The lowest BCUT2D eigenvalue weighted by atomic mass is 10.2. The average Bonchev–Trinajstić information content (AvgIpc) is 2.94. The first-order valence-electron chi connectivity index (χ1n) is 6.64. The Morgan fingerprint density at radius 1 is 1.24 bits per heavy atom. The quantitative estimate of drug-likeness (QED) is 0.916. The number of hydrogen-bond acceptors (Lipinski definition) is 5. The molecular formula is C14H15ClN4O2. The number of nitrogens with zero attached hydrogens (tertiary/aromatic N) is 3. The number of rotatable bonds is 2. The third-order valence-corrected chi connectivity index (χ3v) is 3.72. The molecule has 7 heteroatoms. The van der Waals surface area contributed by atoms with Gasteiger partial charge in [-0.25, -0.2) is 0 Å². The van der Waals surface area contributed by atoms with Crippen molar-refractivity contribution in [1.29, 1.82) is 0 Å². The summed E-state index contributed by atoms with van der Waals surface area (Å²) in [7, 11) is 0. The number of nitrogens with two attached hydrogens (primary N) is 1. The number of nitrogen functional groups attached to an aromatic ring is 1. The summed E-state index contributed by atoms with van der Waals surface area (Å²) in [6.45, 7) is 2.65. The second kappa shape index (κ2) is 5.65. The van der Waals surface area contributed by atoms with Gasteiger partial charge in [0.05, 0.1) is 17.6 Å². The van der Waals surface area contributed by atoms with Crippen LogP contribution in [0.3, 0.4) is 0 Å². The highest BCUT2D eigenvalue weighted by Crippen LogP contribution is 2.23. The SMILES string of the molecule is Nc1cnccc1N1CCN(C(=O)c2ccc(Cl)o2)CC1. The molecule has 1 fully saturated rings. The van der Waals surface area contributed by atoms with E-state index in [1.165, 1.54) is 0 Å². The second-order valence-electron chi connectivity index (χ2n) is 4.82. The summed E-state index contributed by atoms with van der Waals surface area (Å²) in [6, 6.07) is 5.06. The molecule has 0 spiro atoms. The Morgan fingerprint density at radius 2 is 2.00 bits per heavy atom. The van der Waals surface area contributed by atoms with E-state index in [9.17, 15) is 4.79 Å². The molecule has 110 valence electrons. The van der Waals surface area contributed by atoms with Crippen molar-refractivity contribution >= 4 is 28.9 Å². The highest BCUT2D eigenvalue weighted by Gasteiger charge is 2.24. The Balaban J connectivity index is 1.65. The fourth-order valence-corrected chi connectivity index (χ4v) is 2.57. The minimum atomic E-state index is -0.135. The number of furan rings is 1. The van der Waals surface area contributed by atoms with Crippen LogP contribution in [0.5, 0.6) is 0 Å². The van der Waals surface area contributed by atoms with Crippen molar-refractivity contribution in [1.82, 2.24) is 9.88 Å². The van der Waals surface area contributed by atoms with Crippen molar-refractivity contribution in [3.8, 4) is 0 Å². The lowest BCUT2D eigenvalue weighted by Crippen LogP contribution is -2.48. The van der Waals surface area contributed by atoms with Crippen LogP contribution in [0, 0.1) is 0 Å². The third kappa shape index (κ3) is 2.80. The number of carbonyl (C=O) groups is 1. The van der Waals surface area contributed by atoms with Gasteiger partial charge in [-0.15, -0.1) is 0 Å². The number of aromatic nitrogens is 1. The van der Waals surface area contributed by atoms with E-state index < -0.39 is 0 Å². The Morgan fingerprint density at radius 3 is 2.62 bits per heavy atom. The number of amides is 1. The van der Waals surface area contributed by atoms with Gasteiger partial charge in [0.25, 0.3) is 5.91 Å². The van der Waals surface area contributed by atoms with Gasteiger partial charge in [0.1, 0.15) is 0 Å². The molecule has 0 bridgehead atoms. The fraction of sp³-hybridized carbons (Fsp3) is 0.286. The van der Waals surface area contributed by atoms with Gasteiger partial charge in [-0.2, -0.15) is 0 Å². The van der Waals surface area contributed by atoms with E-state index in [4.69, 9.17) is 21.8 Å². The predicted molar refractivity (Wildman–Crippen MR) is 80.5 cm³/mol. The maximum Gasteiger partial charge on any atom is 0.289 e. The van der Waals surface area contributed by atoms with E-state index >= 15 is 0 Å². The maximum atomic E-state index is 12.2. The summed E-state index contributed by atoms with van der Waals surface area (Å²) in [4.78, 5) is 20.1. The molecular weight excluding hydrogens is 292 g/mol. The van der Waals surface area contributed by atoms with E-state index in [2.05, 4.69) is 9.88 Å². The van der Waals surface area contributed by atoms with Gasteiger partial charge in [0.2, 0.25) is 0 Å². The Hall–Kier alpha value is -2.21. The standard InChI is InChI=1S/C14H15ClN4O2/c15-13-2-1-12(21-13)14(20)19-7-5-18(6-8-19)11-3-4-17-9-10(11)16/h1-4,9H,5-8,16H2. The molecule has 6 nitrogen and oxygen atoms in total. The van der Waals surface area contributed by atoms with Crippen molar-refractivity contribution in [2.24, 2.45) is 0 Å². The summed E-state index contributed by atoms with van der Waals surface area (Å²) >= 11 is 5.70. The van der Waals surface area contributed by atoms with E-state index in [1.54, 1.807) is 29.4 Å². The number of pyridine rings is 1. The normalized spacial score (nSPS) is 15.3. The molecule has 21 heavy (non-hydrogen) atoms. The first-order chi connectivity index (χ1) is 10.1. The molecule has 0 unspecified atom stereocenters. The summed E-state index contributed by atoms with van der Waals surface area (Å²) in [5.41, 5.74) is 7.53. The number of halogens is 1. The number of anilines is 2. The van der Waals surface area contributed by atoms with E-state index in [0.29, 0.717) is 31.9 Å². The molecule has 3 heterocycles. The Labute approximate surface area is 127 Å². The maximum absolute atomic E-state index is 12.2. The molecule has 0 aromatic carbocycles. The lowest BCUT2D eigenvalue weighted by molar-refractivity contribution is 0.0715. The highest BCUT2D eigenvalue weighted by atomic mass is 35.5. The molecule has 0 radical (unpaired) electrons.